The number of benzene rings is 2. The van der Waals surface area contributed by atoms with Crippen molar-refractivity contribution in [2.45, 2.75) is 6.42 Å². The molecule has 3 rings (SSSR count). The van der Waals surface area contributed by atoms with Crippen molar-refractivity contribution in [1.29, 1.82) is 0 Å². The van der Waals surface area contributed by atoms with Crippen LogP contribution >= 0.6 is 0 Å². The second-order valence-corrected chi connectivity index (χ2v) is 5.49. The molecule has 120 valence electrons. The smallest absolute Gasteiger partial charge is 0.119 e. The first-order valence-corrected chi connectivity index (χ1v) is 7.93. The fourth-order valence-corrected chi connectivity index (χ4v) is 2.63. The molecule has 1 saturated heterocycles. The standard InChI is InChI=1S/C19H22N2O2/c1-22-18-9-7-17(8-10-18)20-19(21-11-13-23-14-12-21)15-16-5-3-2-4-6-16/h2-10H,11-15H2,1H3. The zero-order valence-corrected chi connectivity index (χ0v) is 13.4. The van der Waals surface area contributed by atoms with Crippen molar-refractivity contribution in [3.8, 4) is 5.75 Å². The maximum atomic E-state index is 5.47. The monoisotopic (exact) mass is 310 g/mol. The average Bonchev–Trinajstić information content (AvgIpc) is 2.63. The van der Waals surface area contributed by atoms with E-state index in [0.29, 0.717) is 0 Å². The quantitative estimate of drug-likeness (QED) is 0.642. The summed E-state index contributed by atoms with van der Waals surface area (Å²) in [5.41, 5.74) is 2.22. The molecule has 4 nitrogen and oxygen atoms in total. The Morgan fingerprint density at radius 3 is 2.39 bits per heavy atom. The molecule has 2 aromatic rings. The number of hydrogen-bond acceptors (Lipinski definition) is 3. The van der Waals surface area contributed by atoms with Crippen LogP contribution < -0.4 is 4.74 Å². The number of amidine groups is 1. The minimum Gasteiger partial charge on any atom is -0.497 e. The lowest BCUT2D eigenvalue weighted by Gasteiger charge is -2.30. The van der Waals surface area contributed by atoms with Gasteiger partial charge in [-0.15, -0.1) is 0 Å². The second-order valence-electron chi connectivity index (χ2n) is 5.49. The number of nitrogens with zero attached hydrogens (tertiary/aromatic N) is 2. The Morgan fingerprint density at radius 1 is 1.04 bits per heavy atom. The molecule has 0 amide bonds. The highest BCUT2D eigenvalue weighted by atomic mass is 16.5. The number of ether oxygens (including phenoxy) is 2. The summed E-state index contributed by atoms with van der Waals surface area (Å²) in [5.74, 6) is 1.93. The number of methoxy groups -OCH3 is 1. The first kappa shape index (κ1) is 15.6. The molecule has 0 bridgehead atoms. The zero-order valence-electron chi connectivity index (χ0n) is 13.4. The molecule has 0 aromatic heterocycles. The van der Waals surface area contributed by atoms with Crippen molar-refractivity contribution in [3.63, 3.8) is 0 Å². The van der Waals surface area contributed by atoms with Crippen LogP contribution in [0.5, 0.6) is 5.75 Å². The van der Waals surface area contributed by atoms with Crippen molar-refractivity contribution in [2.75, 3.05) is 33.4 Å². The third-order valence-corrected chi connectivity index (χ3v) is 3.91. The Morgan fingerprint density at radius 2 is 1.74 bits per heavy atom. The Kier molecular flexibility index (Phi) is 5.27. The van der Waals surface area contributed by atoms with Crippen LogP contribution in [0.3, 0.4) is 0 Å². The molecule has 0 spiro atoms. The van der Waals surface area contributed by atoms with E-state index < -0.39 is 0 Å². The second kappa shape index (κ2) is 7.79. The summed E-state index contributed by atoms with van der Waals surface area (Å²) in [7, 11) is 1.67. The molecule has 1 aliphatic heterocycles. The molecule has 1 fully saturated rings. The van der Waals surface area contributed by atoms with Crippen LogP contribution in [0.25, 0.3) is 0 Å². The van der Waals surface area contributed by atoms with E-state index >= 15 is 0 Å². The summed E-state index contributed by atoms with van der Waals surface area (Å²) < 4.78 is 10.7. The molecule has 2 aromatic carbocycles. The molecule has 1 aliphatic rings. The molecule has 4 heteroatoms. The average molecular weight is 310 g/mol. The van der Waals surface area contributed by atoms with E-state index in [1.807, 2.05) is 30.3 Å². The zero-order chi connectivity index (χ0) is 15.9. The molecular formula is C19H22N2O2. The van der Waals surface area contributed by atoms with Crippen molar-refractivity contribution in [3.05, 3.63) is 60.2 Å². The van der Waals surface area contributed by atoms with Gasteiger partial charge in [-0.2, -0.15) is 0 Å². The SMILES string of the molecule is COc1ccc(N=C(Cc2ccccc2)N2CCOCC2)cc1. The first-order valence-electron chi connectivity index (χ1n) is 7.93. The fraction of sp³-hybridized carbons (Fsp3) is 0.316. The Balaban J connectivity index is 1.84. The van der Waals surface area contributed by atoms with Gasteiger partial charge in [-0.25, -0.2) is 4.99 Å². The van der Waals surface area contributed by atoms with Crippen molar-refractivity contribution >= 4 is 11.5 Å². The summed E-state index contributed by atoms with van der Waals surface area (Å²) >= 11 is 0. The first-order chi connectivity index (χ1) is 11.3. The molecule has 1 heterocycles. The fourth-order valence-electron chi connectivity index (χ4n) is 2.63. The van der Waals surface area contributed by atoms with Gasteiger partial charge in [0, 0.05) is 19.5 Å². The van der Waals surface area contributed by atoms with Gasteiger partial charge in [-0.1, -0.05) is 30.3 Å². The Hall–Kier alpha value is -2.33. The van der Waals surface area contributed by atoms with Gasteiger partial charge < -0.3 is 14.4 Å². The summed E-state index contributed by atoms with van der Waals surface area (Å²) in [4.78, 5) is 7.20. The van der Waals surface area contributed by atoms with Gasteiger partial charge in [0.1, 0.15) is 11.6 Å². The highest BCUT2D eigenvalue weighted by molar-refractivity contribution is 5.87. The lowest BCUT2D eigenvalue weighted by Crippen LogP contribution is -2.41. The number of hydrogen-bond donors (Lipinski definition) is 0. The van der Waals surface area contributed by atoms with Gasteiger partial charge in [0.25, 0.3) is 0 Å². The summed E-state index contributed by atoms with van der Waals surface area (Å²) in [6.07, 6.45) is 0.826. The van der Waals surface area contributed by atoms with E-state index in [9.17, 15) is 0 Å². The van der Waals surface area contributed by atoms with Gasteiger partial charge in [-0.05, 0) is 29.8 Å². The van der Waals surface area contributed by atoms with Crippen LogP contribution in [-0.4, -0.2) is 44.1 Å². The van der Waals surface area contributed by atoms with E-state index in [1.54, 1.807) is 7.11 Å². The largest absolute Gasteiger partial charge is 0.497 e. The summed E-state index contributed by atoms with van der Waals surface area (Å²) in [5, 5.41) is 0. The van der Waals surface area contributed by atoms with E-state index in [0.717, 1.165) is 50.0 Å². The minimum absolute atomic E-state index is 0.760. The minimum atomic E-state index is 0.760. The van der Waals surface area contributed by atoms with E-state index in [4.69, 9.17) is 14.5 Å². The van der Waals surface area contributed by atoms with E-state index in [-0.39, 0.29) is 0 Å². The summed E-state index contributed by atoms with van der Waals surface area (Å²) in [6.45, 7) is 3.30. The van der Waals surface area contributed by atoms with Crippen LogP contribution in [0.2, 0.25) is 0 Å². The number of rotatable bonds is 4. The number of morpholine rings is 1. The summed E-state index contributed by atoms with van der Waals surface area (Å²) in [6, 6.07) is 18.3. The predicted octanol–water partition coefficient (Wildman–Crippen LogP) is 3.30. The molecule has 0 atom stereocenters. The molecule has 0 aliphatic carbocycles. The van der Waals surface area contributed by atoms with Crippen LogP contribution in [0.15, 0.2) is 59.6 Å². The van der Waals surface area contributed by atoms with Gasteiger partial charge in [0.05, 0.1) is 26.0 Å². The van der Waals surface area contributed by atoms with Crippen molar-refractivity contribution in [2.24, 2.45) is 4.99 Å². The van der Waals surface area contributed by atoms with E-state index in [1.165, 1.54) is 5.56 Å². The molecule has 0 radical (unpaired) electrons. The topological polar surface area (TPSA) is 34.1 Å². The third kappa shape index (κ3) is 4.33. The van der Waals surface area contributed by atoms with Crippen LogP contribution in [0.4, 0.5) is 5.69 Å². The molecular weight excluding hydrogens is 288 g/mol. The third-order valence-electron chi connectivity index (χ3n) is 3.91. The molecule has 0 unspecified atom stereocenters. The highest BCUT2D eigenvalue weighted by Crippen LogP contribution is 2.19. The van der Waals surface area contributed by atoms with Crippen molar-refractivity contribution < 1.29 is 9.47 Å². The lowest BCUT2D eigenvalue weighted by atomic mass is 10.1. The van der Waals surface area contributed by atoms with Crippen LogP contribution in [-0.2, 0) is 11.2 Å². The maximum absolute atomic E-state index is 5.47. The highest BCUT2D eigenvalue weighted by Gasteiger charge is 2.15. The Bertz CT molecular complexity index is 632. The maximum Gasteiger partial charge on any atom is 0.119 e. The number of aliphatic imine (C=N–C) groups is 1. The van der Waals surface area contributed by atoms with Crippen molar-refractivity contribution in [1.82, 2.24) is 4.90 Å². The van der Waals surface area contributed by atoms with Gasteiger partial charge in [0.15, 0.2) is 0 Å². The Labute approximate surface area is 137 Å². The van der Waals surface area contributed by atoms with Crippen LogP contribution in [0.1, 0.15) is 5.56 Å². The van der Waals surface area contributed by atoms with E-state index in [2.05, 4.69) is 29.2 Å². The van der Waals surface area contributed by atoms with Gasteiger partial charge >= 0.3 is 0 Å². The van der Waals surface area contributed by atoms with Crippen LogP contribution in [0, 0.1) is 0 Å². The molecule has 0 saturated carbocycles. The molecule has 0 N–H and O–H groups in total. The lowest BCUT2D eigenvalue weighted by molar-refractivity contribution is 0.0674. The predicted molar refractivity (Wildman–Crippen MR) is 92.6 cm³/mol. The van der Waals surface area contributed by atoms with Gasteiger partial charge in [-0.3, -0.25) is 0 Å². The normalized spacial score (nSPS) is 15.5. The van der Waals surface area contributed by atoms with Gasteiger partial charge in [0.2, 0.25) is 0 Å². The molecule has 23 heavy (non-hydrogen) atoms.